The largest absolute Gasteiger partial charge is 0.481 e. The van der Waals surface area contributed by atoms with E-state index in [9.17, 15) is 4.79 Å². The molecule has 3 rings (SSSR count). The van der Waals surface area contributed by atoms with E-state index in [1.807, 2.05) is 7.11 Å². The van der Waals surface area contributed by atoms with Gasteiger partial charge in [0.15, 0.2) is 0 Å². The number of rotatable bonds is 12. The van der Waals surface area contributed by atoms with Crippen LogP contribution in [0.4, 0.5) is 0 Å². The van der Waals surface area contributed by atoms with Crippen LogP contribution in [0, 0.1) is 0 Å². The lowest BCUT2D eigenvalue weighted by Gasteiger charge is -2.43. The standard InChI is InChI=1S/C26H36N2O3/c1-31-25-21-27(17-10-4-9-15-26(29)30)18-16-24(25)28(19-22-11-5-2-6-12-22)20-23-13-7-3-8-14-23/h2-3,5-8,11-14,24-25H,4,9-10,15-21H2,1H3,(H,29,30). The maximum atomic E-state index is 10.7. The fourth-order valence-corrected chi connectivity index (χ4v) is 4.54. The number of carboxylic acid groups (broad SMARTS) is 1. The van der Waals surface area contributed by atoms with Crippen LogP contribution in [0.2, 0.25) is 0 Å². The molecule has 1 aliphatic heterocycles. The number of hydrogen-bond acceptors (Lipinski definition) is 4. The summed E-state index contributed by atoms with van der Waals surface area (Å²) in [5.41, 5.74) is 2.66. The fraction of sp³-hybridized carbons (Fsp3) is 0.500. The average Bonchev–Trinajstić information content (AvgIpc) is 2.79. The number of nitrogens with zero attached hydrogens (tertiary/aromatic N) is 2. The van der Waals surface area contributed by atoms with Crippen molar-refractivity contribution in [1.82, 2.24) is 9.80 Å². The smallest absolute Gasteiger partial charge is 0.303 e. The zero-order valence-corrected chi connectivity index (χ0v) is 18.7. The van der Waals surface area contributed by atoms with Gasteiger partial charge >= 0.3 is 5.97 Å². The Bertz CT molecular complexity index is 727. The van der Waals surface area contributed by atoms with Crippen molar-refractivity contribution in [2.45, 2.75) is 57.3 Å². The normalized spacial score (nSPS) is 19.5. The molecule has 1 aliphatic rings. The van der Waals surface area contributed by atoms with Crippen LogP contribution in [0.1, 0.15) is 43.2 Å². The van der Waals surface area contributed by atoms with Crippen LogP contribution < -0.4 is 0 Å². The molecule has 2 aromatic carbocycles. The first-order valence-electron chi connectivity index (χ1n) is 11.4. The number of benzene rings is 2. The van der Waals surface area contributed by atoms with Crippen molar-refractivity contribution in [3.8, 4) is 0 Å². The van der Waals surface area contributed by atoms with Gasteiger partial charge in [0.05, 0.1) is 6.10 Å². The highest BCUT2D eigenvalue weighted by atomic mass is 16.5. The molecular formula is C26H36N2O3. The zero-order valence-electron chi connectivity index (χ0n) is 18.7. The summed E-state index contributed by atoms with van der Waals surface area (Å²) >= 11 is 0. The molecule has 2 atom stereocenters. The summed E-state index contributed by atoms with van der Waals surface area (Å²) < 4.78 is 5.99. The van der Waals surface area contributed by atoms with Gasteiger partial charge in [0.2, 0.25) is 0 Å². The SMILES string of the molecule is COC1CN(CCCCCC(=O)O)CCC1N(Cc1ccccc1)Cc1ccccc1. The Balaban J connectivity index is 1.61. The second kappa shape index (κ2) is 12.6. The highest BCUT2D eigenvalue weighted by Crippen LogP contribution is 2.24. The summed E-state index contributed by atoms with van der Waals surface area (Å²) in [5.74, 6) is -0.697. The maximum absolute atomic E-state index is 10.7. The number of carbonyl (C=O) groups is 1. The quantitative estimate of drug-likeness (QED) is 0.511. The van der Waals surface area contributed by atoms with Gasteiger partial charge < -0.3 is 14.7 Å². The monoisotopic (exact) mass is 424 g/mol. The first-order valence-corrected chi connectivity index (χ1v) is 11.4. The first-order chi connectivity index (χ1) is 15.2. The van der Waals surface area contributed by atoms with Gasteiger partial charge in [-0.2, -0.15) is 0 Å². The third kappa shape index (κ3) is 7.76. The fourth-order valence-electron chi connectivity index (χ4n) is 4.54. The third-order valence-electron chi connectivity index (χ3n) is 6.20. The van der Waals surface area contributed by atoms with Crippen LogP contribution in [0.3, 0.4) is 0 Å². The molecule has 31 heavy (non-hydrogen) atoms. The van der Waals surface area contributed by atoms with E-state index in [0.717, 1.165) is 58.4 Å². The van der Waals surface area contributed by atoms with Crippen molar-refractivity contribution >= 4 is 5.97 Å². The van der Waals surface area contributed by atoms with E-state index in [2.05, 4.69) is 70.5 Å². The molecular weight excluding hydrogens is 388 g/mol. The Morgan fingerprint density at radius 3 is 2.16 bits per heavy atom. The highest BCUT2D eigenvalue weighted by Gasteiger charge is 2.33. The van der Waals surface area contributed by atoms with Gasteiger partial charge in [0.1, 0.15) is 0 Å². The number of hydrogen-bond donors (Lipinski definition) is 1. The molecule has 5 nitrogen and oxygen atoms in total. The second-order valence-corrected chi connectivity index (χ2v) is 8.51. The van der Waals surface area contributed by atoms with E-state index in [4.69, 9.17) is 9.84 Å². The minimum Gasteiger partial charge on any atom is -0.481 e. The molecule has 0 aliphatic carbocycles. The predicted octanol–water partition coefficient (Wildman–Crippen LogP) is 4.42. The lowest BCUT2D eigenvalue weighted by Crippen LogP contribution is -2.54. The lowest BCUT2D eigenvalue weighted by molar-refractivity contribution is -0.137. The molecule has 0 radical (unpaired) electrons. The topological polar surface area (TPSA) is 53.0 Å². The molecule has 0 aromatic heterocycles. The lowest BCUT2D eigenvalue weighted by atomic mass is 9.97. The molecule has 0 amide bonds. The number of unbranched alkanes of at least 4 members (excludes halogenated alkanes) is 2. The van der Waals surface area contributed by atoms with E-state index in [1.165, 1.54) is 11.1 Å². The van der Waals surface area contributed by atoms with Gasteiger partial charge in [0, 0.05) is 39.2 Å². The minimum absolute atomic E-state index is 0.167. The second-order valence-electron chi connectivity index (χ2n) is 8.51. The van der Waals surface area contributed by atoms with E-state index >= 15 is 0 Å². The van der Waals surface area contributed by atoms with Gasteiger partial charge in [-0.1, -0.05) is 67.1 Å². The molecule has 0 saturated carbocycles. The molecule has 0 bridgehead atoms. The third-order valence-corrected chi connectivity index (χ3v) is 6.20. The van der Waals surface area contributed by atoms with Crippen LogP contribution in [0.25, 0.3) is 0 Å². The summed E-state index contributed by atoms with van der Waals surface area (Å²) in [6.45, 7) is 4.83. The van der Waals surface area contributed by atoms with Gasteiger partial charge in [-0.3, -0.25) is 9.69 Å². The van der Waals surface area contributed by atoms with Gasteiger partial charge in [-0.05, 0) is 43.5 Å². The minimum atomic E-state index is -0.697. The predicted molar refractivity (Wildman–Crippen MR) is 124 cm³/mol. The summed E-state index contributed by atoms with van der Waals surface area (Å²) in [6, 6.07) is 21.7. The summed E-state index contributed by atoms with van der Waals surface area (Å²) in [6.07, 6.45) is 4.30. The number of likely N-dealkylation sites (tertiary alicyclic amines) is 1. The van der Waals surface area contributed by atoms with Crippen LogP contribution in [-0.4, -0.2) is 59.8 Å². The van der Waals surface area contributed by atoms with E-state index in [1.54, 1.807) is 0 Å². The number of methoxy groups -OCH3 is 1. The van der Waals surface area contributed by atoms with Crippen molar-refractivity contribution in [2.24, 2.45) is 0 Å². The van der Waals surface area contributed by atoms with Crippen LogP contribution >= 0.6 is 0 Å². The van der Waals surface area contributed by atoms with Gasteiger partial charge in [-0.25, -0.2) is 0 Å². The number of aliphatic carboxylic acids is 1. The molecule has 1 fully saturated rings. The van der Waals surface area contributed by atoms with Crippen molar-refractivity contribution in [2.75, 3.05) is 26.7 Å². The van der Waals surface area contributed by atoms with Gasteiger partial charge in [0.25, 0.3) is 0 Å². The number of piperidine rings is 1. The molecule has 1 saturated heterocycles. The summed E-state index contributed by atoms with van der Waals surface area (Å²) in [5, 5.41) is 8.79. The van der Waals surface area contributed by atoms with E-state index < -0.39 is 5.97 Å². The van der Waals surface area contributed by atoms with Gasteiger partial charge in [-0.15, -0.1) is 0 Å². The molecule has 5 heteroatoms. The number of ether oxygens (including phenoxy) is 1. The summed E-state index contributed by atoms with van der Waals surface area (Å²) in [7, 11) is 1.83. The van der Waals surface area contributed by atoms with E-state index in [0.29, 0.717) is 6.04 Å². The van der Waals surface area contributed by atoms with E-state index in [-0.39, 0.29) is 12.5 Å². The van der Waals surface area contributed by atoms with Crippen molar-refractivity contribution < 1.29 is 14.6 Å². The Morgan fingerprint density at radius 2 is 1.61 bits per heavy atom. The Hall–Kier alpha value is -2.21. The Kier molecular flexibility index (Phi) is 9.53. The van der Waals surface area contributed by atoms with Crippen molar-refractivity contribution in [3.05, 3.63) is 71.8 Å². The average molecular weight is 425 g/mol. The van der Waals surface area contributed by atoms with Crippen molar-refractivity contribution in [3.63, 3.8) is 0 Å². The number of carboxylic acids is 1. The van der Waals surface area contributed by atoms with Crippen LogP contribution in [0.15, 0.2) is 60.7 Å². The zero-order chi connectivity index (χ0) is 21.9. The summed E-state index contributed by atoms with van der Waals surface area (Å²) in [4.78, 5) is 15.7. The first kappa shape index (κ1) is 23.5. The van der Waals surface area contributed by atoms with Crippen LogP contribution in [-0.2, 0) is 22.6 Å². The molecule has 1 N–H and O–H groups in total. The molecule has 1 heterocycles. The molecule has 168 valence electrons. The molecule has 0 spiro atoms. The Labute approximate surface area is 186 Å². The van der Waals surface area contributed by atoms with Crippen LogP contribution in [0.5, 0.6) is 0 Å². The van der Waals surface area contributed by atoms with Crippen molar-refractivity contribution in [1.29, 1.82) is 0 Å². The molecule has 2 aromatic rings. The maximum Gasteiger partial charge on any atom is 0.303 e. The Morgan fingerprint density at radius 1 is 1.00 bits per heavy atom. The highest BCUT2D eigenvalue weighted by molar-refractivity contribution is 5.66. The molecule has 2 unspecified atom stereocenters.